The molecule has 3 N–H and O–H groups in total. The van der Waals surface area contributed by atoms with Crippen LogP contribution in [0.1, 0.15) is 24.1 Å². The molecule has 0 aliphatic carbocycles. The van der Waals surface area contributed by atoms with Crippen molar-refractivity contribution >= 4 is 35.1 Å². The molecule has 0 bridgehead atoms. The molecule has 2 fully saturated rings. The molecule has 11 nitrogen and oxygen atoms in total. The smallest absolute Gasteiger partial charge is 0.318 e. The number of nitro groups is 1. The molecule has 4 rings (SSSR count). The van der Waals surface area contributed by atoms with Crippen LogP contribution in [-0.4, -0.2) is 46.2 Å². The van der Waals surface area contributed by atoms with Crippen molar-refractivity contribution in [2.24, 2.45) is 17.6 Å². The van der Waals surface area contributed by atoms with E-state index in [0.29, 0.717) is 5.56 Å². The first kappa shape index (κ1) is 22.9. The Balaban J connectivity index is 1.86. The summed E-state index contributed by atoms with van der Waals surface area (Å²) < 4.78 is 0. The lowest BCUT2D eigenvalue weighted by Gasteiger charge is -2.32. The van der Waals surface area contributed by atoms with Gasteiger partial charge in [0.15, 0.2) is 0 Å². The van der Waals surface area contributed by atoms with Crippen LogP contribution in [0.2, 0.25) is 0 Å². The number of aryl methyl sites for hydroxylation is 1. The zero-order valence-corrected chi connectivity index (χ0v) is 18.5. The number of nitro benzene ring substituents is 1. The minimum absolute atomic E-state index is 0.0223. The Morgan fingerprint density at radius 1 is 1.09 bits per heavy atom. The molecule has 5 amide bonds. The second kappa shape index (κ2) is 8.58. The molecule has 0 radical (unpaired) electrons. The van der Waals surface area contributed by atoms with E-state index in [4.69, 9.17) is 5.73 Å². The lowest BCUT2D eigenvalue weighted by atomic mass is 9.86. The van der Waals surface area contributed by atoms with E-state index in [1.807, 2.05) is 6.92 Å². The van der Waals surface area contributed by atoms with Crippen molar-refractivity contribution in [2.45, 2.75) is 25.9 Å². The molecule has 2 aromatic rings. The van der Waals surface area contributed by atoms with Gasteiger partial charge in [-0.1, -0.05) is 35.9 Å². The number of nitrogens with zero attached hydrogens (tertiary/aromatic N) is 3. The molecule has 4 unspecified atom stereocenters. The summed E-state index contributed by atoms with van der Waals surface area (Å²) in [4.78, 5) is 65.4. The van der Waals surface area contributed by atoms with Crippen LogP contribution in [0.4, 0.5) is 16.2 Å². The van der Waals surface area contributed by atoms with Crippen LogP contribution in [0.15, 0.2) is 48.5 Å². The first-order chi connectivity index (χ1) is 16.2. The molecule has 2 saturated heterocycles. The van der Waals surface area contributed by atoms with Crippen LogP contribution in [0.5, 0.6) is 0 Å². The Kier molecular flexibility index (Phi) is 5.78. The van der Waals surface area contributed by atoms with Gasteiger partial charge in [0.05, 0.1) is 28.5 Å². The van der Waals surface area contributed by atoms with E-state index < -0.39 is 52.6 Å². The maximum Gasteiger partial charge on any atom is 0.318 e. The monoisotopic (exact) mass is 465 g/mol. The number of rotatable bonds is 5. The fraction of sp³-hybridized carbons (Fsp3) is 0.304. The van der Waals surface area contributed by atoms with Crippen LogP contribution in [-0.2, 0) is 14.4 Å². The molecule has 176 valence electrons. The highest BCUT2D eigenvalue weighted by molar-refractivity contribution is 6.24. The average Bonchev–Trinajstić information content (AvgIpc) is 3.28. The van der Waals surface area contributed by atoms with E-state index in [1.165, 1.54) is 23.1 Å². The molecule has 2 aliphatic heterocycles. The fourth-order valence-corrected chi connectivity index (χ4v) is 4.84. The van der Waals surface area contributed by atoms with E-state index in [-0.39, 0.29) is 17.9 Å². The molecule has 0 saturated carbocycles. The fourth-order valence-electron chi connectivity index (χ4n) is 4.84. The number of likely N-dealkylation sites (tertiary alicyclic amines) is 1. The van der Waals surface area contributed by atoms with E-state index >= 15 is 0 Å². The molecular formula is C23H23N5O6. The van der Waals surface area contributed by atoms with Gasteiger partial charge in [0, 0.05) is 18.7 Å². The van der Waals surface area contributed by atoms with E-state index in [1.54, 1.807) is 31.2 Å². The standard InChI is InChI=1S/C23H23N5O6/c1-3-25-23(32)27-18(13-9-7-12(2)8-10-13)16-17(19(27)20(24)29)22(31)26(21(16)30)14-5-4-6-15(11-14)28(33)34/h4-11,16-19H,3H2,1-2H3,(H2,24,29)(H,25,32). The molecule has 2 aliphatic rings. The third-order valence-corrected chi connectivity index (χ3v) is 6.25. The number of urea groups is 1. The zero-order chi connectivity index (χ0) is 24.7. The van der Waals surface area contributed by atoms with Gasteiger partial charge in [-0.3, -0.25) is 24.5 Å². The van der Waals surface area contributed by atoms with Crippen molar-refractivity contribution < 1.29 is 24.1 Å². The van der Waals surface area contributed by atoms with Gasteiger partial charge in [0.2, 0.25) is 17.7 Å². The predicted octanol–water partition coefficient (Wildman–Crippen LogP) is 1.65. The highest BCUT2D eigenvalue weighted by Crippen LogP contribution is 2.51. The van der Waals surface area contributed by atoms with Gasteiger partial charge in [-0.05, 0) is 25.5 Å². The number of nitrogens with one attached hydrogen (secondary N) is 1. The Hall–Kier alpha value is -4.28. The largest absolute Gasteiger partial charge is 0.368 e. The first-order valence-electron chi connectivity index (χ1n) is 10.7. The number of hydrogen-bond donors (Lipinski definition) is 2. The van der Waals surface area contributed by atoms with Gasteiger partial charge in [-0.25, -0.2) is 9.69 Å². The highest BCUT2D eigenvalue weighted by atomic mass is 16.6. The van der Waals surface area contributed by atoms with Gasteiger partial charge in [-0.2, -0.15) is 0 Å². The number of carbonyl (C=O) groups is 4. The summed E-state index contributed by atoms with van der Waals surface area (Å²) >= 11 is 0. The number of benzene rings is 2. The van der Waals surface area contributed by atoms with E-state index in [9.17, 15) is 29.3 Å². The molecule has 0 aromatic heterocycles. The highest BCUT2D eigenvalue weighted by Gasteiger charge is 2.65. The zero-order valence-electron chi connectivity index (χ0n) is 18.5. The number of amides is 5. The number of carbonyl (C=O) groups excluding carboxylic acids is 4. The van der Waals surface area contributed by atoms with E-state index in [0.717, 1.165) is 16.5 Å². The molecule has 2 heterocycles. The van der Waals surface area contributed by atoms with Gasteiger partial charge < -0.3 is 16.0 Å². The van der Waals surface area contributed by atoms with Crippen LogP contribution in [0.25, 0.3) is 0 Å². The summed E-state index contributed by atoms with van der Waals surface area (Å²) in [6.45, 7) is 3.84. The third kappa shape index (κ3) is 3.54. The van der Waals surface area contributed by atoms with Crippen LogP contribution in [0.3, 0.4) is 0 Å². The molecule has 34 heavy (non-hydrogen) atoms. The summed E-state index contributed by atoms with van der Waals surface area (Å²) in [7, 11) is 0. The molecule has 4 atom stereocenters. The molecule has 0 spiro atoms. The van der Waals surface area contributed by atoms with E-state index in [2.05, 4.69) is 5.32 Å². The lowest BCUT2D eigenvalue weighted by Crippen LogP contribution is -2.53. The van der Waals surface area contributed by atoms with Gasteiger partial charge >= 0.3 is 6.03 Å². The number of hydrogen-bond acceptors (Lipinski definition) is 6. The Morgan fingerprint density at radius 3 is 2.32 bits per heavy atom. The Morgan fingerprint density at radius 2 is 1.74 bits per heavy atom. The summed E-state index contributed by atoms with van der Waals surface area (Å²) in [5.41, 5.74) is 6.91. The van der Waals surface area contributed by atoms with Crippen LogP contribution in [0, 0.1) is 28.9 Å². The second-order valence-corrected chi connectivity index (χ2v) is 8.29. The maximum absolute atomic E-state index is 13.6. The van der Waals surface area contributed by atoms with Gasteiger partial charge in [0.1, 0.15) is 6.04 Å². The van der Waals surface area contributed by atoms with Crippen molar-refractivity contribution in [3.05, 3.63) is 69.8 Å². The predicted molar refractivity (Wildman–Crippen MR) is 120 cm³/mol. The SMILES string of the molecule is CCNC(=O)N1C(C(N)=O)C2C(=O)N(c3cccc([N+](=O)[O-])c3)C(=O)C2C1c1ccc(C)cc1. The summed E-state index contributed by atoms with van der Waals surface area (Å²) in [5, 5.41) is 13.9. The molecule has 2 aromatic carbocycles. The summed E-state index contributed by atoms with van der Waals surface area (Å²) in [6, 6.07) is 9.30. The Bertz CT molecular complexity index is 1200. The first-order valence-corrected chi connectivity index (χ1v) is 10.7. The number of nitrogens with two attached hydrogens (primary N) is 1. The average molecular weight is 465 g/mol. The second-order valence-electron chi connectivity index (χ2n) is 8.29. The number of primary amides is 1. The van der Waals surface area contributed by atoms with Gasteiger partial charge in [0.25, 0.3) is 5.69 Å². The number of anilines is 1. The number of non-ortho nitro benzene ring substituents is 1. The van der Waals surface area contributed by atoms with Crippen molar-refractivity contribution in [2.75, 3.05) is 11.4 Å². The summed E-state index contributed by atoms with van der Waals surface area (Å²) in [6.07, 6.45) is 0. The number of imide groups is 1. The van der Waals surface area contributed by atoms with Crippen LogP contribution < -0.4 is 16.0 Å². The van der Waals surface area contributed by atoms with Crippen molar-refractivity contribution in [1.82, 2.24) is 10.2 Å². The number of fused-ring (bicyclic) bond motifs is 1. The molecule has 11 heteroatoms. The normalized spacial score (nSPS) is 23.7. The third-order valence-electron chi connectivity index (χ3n) is 6.25. The molecular weight excluding hydrogens is 442 g/mol. The lowest BCUT2D eigenvalue weighted by molar-refractivity contribution is -0.384. The Labute approximate surface area is 194 Å². The van der Waals surface area contributed by atoms with Crippen molar-refractivity contribution in [3.63, 3.8) is 0 Å². The minimum Gasteiger partial charge on any atom is -0.368 e. The van der Waals surface area contributed by atoms with Crippen molar-refractivity contribution in [1.29, 1.82) is 0 Å². The topological polar surface area (TPSA) is 156 Å². The summed E-state index contributed by atoms with van der Waals surface area (Å²) in [5.74, 6) is -4.62. The minimum atomic E-state index is -1.37. The quantitative estimate of drug-likeness (QED) is 0.388. The van der Waals surface area contributed by atoms with Crippen LogP contribution >= 0.6 is 0 Å². The maximum atomic E-state index is 13.6. The van der Waals surface area contributed by atoms with Gasteiger partial charge in [-0.15, -0.1) is 0 Å². The van der Waals surface area contributed by atoms with Crippen molar-refractivity contribution in [3.8, 4) is 0 Å².